The van der Waals surface area contributed by atoms with E-state index in [1.165, 1.54) is 87.6 Å². The summed E-state index contributed by atoms with van der Waals surface area (Å²) in [6.45, 7) is 4.76. The minimum absolute atomic E-state index is 0.0758. The van der Waals surface area contributed by atoms with Crippen LogP contribution in [0.5, 0.6) is 0 Å². The van der Waals surface area contributed by atoms with Crippen molar-refractivity contribution >= 4 is 43.1 Å². The molecule has 0 aliphatic heterocycles. The predicted octanol–water partition coefficient (Wildman–Crippen LogP) is 11.9. The largest absolute Gasteiger partial charge is 0.0616 e. The molecule has 0 saturated carbocycles. The Bertz CT molecular complexity index is 2420. The molecule has 43 heavy (non-hydrogen) atoms. The van der Waals surface area contributed by atoms with E-state index < -0.39 is 0 Å². The Morgan fingerprint density at radius 1 is 0.302 bits per heavy atom. The summed E-state index contributed by atoms with van der Waals surface area (Å²) >= 11 is 0. The van der Waals surface area contributed by atoms with E-state index in [9.17, 15) is 0 Å². The van der Waals surface area contributed by atoms with Crippen molar-refractivity contribution in [1.29, 1.82) is 0 Å². The van der Waals surface area contributed by atoms with Crippen LogP contribution in [0, 0.1) is 0 Å². The van der Waals surface area contributed by atoms with Crippen LogP contribution in [-0.4, -0.2) is 0 Å². The molecule has 0 heteroatoms. The van der Waals surface area contributed by atoms with Crippen LogP contribution in [0.2, 0.25) is 0 Å². The molecule has 1 aliphatic rings. The first-order valence-electron chi connectivity index (χ1n) is 15.2. The fourth-order valence-corrected chi connectivity index (χ4v) is 7.33. The molecule has 0 spiro atoms. The summed E-state index contributed by atoms with van der Waals surface area (Å²) in [4.78, 5) is 0. The summed E-state index contributed by atoms with van der Waals surface area (Å²) in [5.41, 5.74) is 10.5. The highest BCUT2D eigenvalue weighted by molar-refractivity contribution is 6.03. The lowest BCUT2D eigenvalue weighted by Crippen LogP contribution is -2.15. The molecule has 0 N–H and O–H groups in total. The van der Waals surface area contributed by atoms with E-state index in [0.717, 1.165) is 0 Å². The van der Waals surface area contributed by atoms with Crippen LogP contribution in [0.1, 0.15) is 25.0 Å². The molecule has 9 rings (SSSR count). The first-order valence-corrected chi connectivity index (χ1v) is 15.2. The molecule has 8 aromatic carbocycles. The predicted molar refractivity (Wildman–Crippen MR) is 185 cm³/mol. The fourth-order valence-electron chi connectivity index (χ4n) is 7.33. The highest BCUT2D eigenvalue weighted by Gasteiger charge is 2.36. The molecule has 0 radical (unpaired) electrons. The van der Waals surface area contributed by atoms with Crippen molar-refractivity contribution in [2.75, 3.05) is 0 Å². The van der Waals surface area contributed by atoms with E-state index >= 15 is 0 Å². The van der Waals surface area contributed by atoms with Gasteiger partial charge in [-0.25, -0.2) is 0 Å². The van der Waals surface area contributed by atoms with Gasteiger partial charge >= 0.3 is 0 Å². The minimum atomic E-state index is -0.0758. The lowest BCUT2D eigenvalue weighted by Gasteiger charge is -2.22. The van der Waals surface area contributed by atoms with Gasteiger partial charge in [-0.3, -0.25) is 0 Å². The van der Waals surface area contributed by atoms with Crippen LogP contribution in [0.3, 0.4) is 0 Å². The first kappa shape index (κ1) is 24.4. The van der Waals surface area contributed by atoms with E-state index in [1.54, 1.807) is 0 Å². The molecule has 1 aliphatic carbocycles. The van der Waals surface area contributed by atoms with Gasteiger partial charge in [-0.2, -0.15) is 0 Å². The van der Waals surface area contributed by atoms with Crippen molar-refractivity contribution < 1.29 is 0 Å². The molecule has 8 aromatic rings. The van der Waals surface area contributed by atoms with Gasteiger partial charge in [0.2, 0.25) is 0 Å². The summed E-state index contributed by atoms with van der Waals surface area (Å²) in [5, 5.41) is 10.3. The third kappa shape index (κ3) is 3.76. The van der Waals surface area contributed by atoms with E-state index in [1.807, 2.05) is 0 Å². The smallest absolute Gasteiger partial charge is 0.0159 e. The average molecular weight is 547 g/mol. The van der Waals surface area contributed by atoms with Crippen LogP contribution in [-0.2, 0) is 5.41 Å². The second-order valence-electron chi connectivity index (χ2n) is 12.7. The van der Waals surface area contributed by atoms with Gasteiger partial charge in [-0.05, 0) is 136 Å². The molecule has 0 saturated heterocycles. The second-order valence-corrected chi connectivity index (χ2v) is 12.7. The Hall–Kier alpha value is -5.20. The minimum Gasteiger partial charge on any atom is -0.0616 e. The summed E-state index contributed by atoms with van der Waals surface area (Å²) < 4.78 is 0. The van der Waals surface area contributed by atoms with Gasteiger partial charge in [0.15, 0.2) is 0 Å². The van der Waals surface area contributed by atoms with E-state index in [2.05, 4.69) is 159 Å². The third-order valence-electron chi connectivity index (χ3n) is 9.75. The molecule has 0 heterocycles. The van der Waals surface area contributed by atoms with Crippen molar-refractivity contribution in [1.82, 2.24) is 0 Å². The average Bonchev–Trinajstić information content (AvgIpc) is 3.26. The monoisotopic (exact) mass is 546 g/mol. The zero-order valence-corrected chi connectivity index (χ0v) is 24.4. The van der Waals surface area contributed by atoms with Gasteiger partial charge in [0.1, 0.15) is 0 Å². The van der Waals surface area contributed by atoms with Gasteiger partial charge in [0.05, 0.1) is 0 Å². The molecule has 0 aromatic heterocycles. The van der Waals surface area contributed by atoms with Crippen molar-refractivity contribution in [2.24, 2.45) is 0 Å². The molecular weight excluding hydrogens is 516 g/mol. The lowest BCUT2D eigenvalue weighted by molar-refractivity contribution is 0.661. The van der Waals surface area contributed by atoms with Crippen LogP contribution in [0.4, 0.5) is 0 Å². The molecule has 0 unspecified atom stereocenters. The Morgan fingerprint density at radius 3 is 1.37 bits per heavy atom. The third-order valence-corrected chi connectivity index (χ3v) is 9.75. The molecule has 0 amide bonds. The molecular formula is C43H30. The molecule has 0 bridgehead atoms. The van der Waals surface area contributed by atoms with Crippen molar-refractivity contribution in [2.45, 2.75) is 19.3 Å². The van der Waals surface area contributed by atoms with Gasteiger partial charge in [-0.1, -0.05) is 111 Å². The maximum absolute atomic E-state index is 2.45. The Labute approximate surface area is 251 Å². The Balaban J connectivity index is 1.15. The van der Waals surface area contributed by atoms with E-state index in [0.29, 0.717) is 0 Å². The zero-order chi connectivity index (χ0) is 28.7. The molecule has 0 fully saturated rings. The molecule has 0 nitrogen and oxygen atoms in total. The van der Waals surface area contributed by atoms with Crippen molar-refractivity contribution in [3.8, 4) is 33.4 Å². The van der Waals surface area contributed by atoms with E-state index in [4.69, 9.17) is 0 Å². The number of hydrogen-bond donors (Lipinski definition) is 0. The zero-order valence-electron chi connectivity index (χ0n) is 24.4. The van der Waals surface area contributed by atoms with Crippen molar-refractivity contribution in [3.05, 3.63) is 157 Å². The topological polar surface area (TPSA) is 0 Å². The van der Waals surface area contributed by atoms with Crippen LogP contribution in [0.15, 0.2) is 146 Å². The number of hydrogen-bond acceptors (Lipinski definition) is 0. The van der Waals surface area contributed by atoms with Gasteiger partial charge in [0, 0.05) is 5.41 Å². The standard InChI is InChI=1S/C43H30/c1-43(2)41-25-35(32-14-12-28-8-4-6-10-30(28)20-32)17-18-39(41)40-24-37-22-34-16-15-33(21-36(34)23-38(37)26-42(40)43)31-13-11-27-7-3-5-9-29(27)19-31/h3-26H,1-2H3. The number of benzene rings is 8. The first-order chi connectivity index (χ1) is 21.0. The number of rotatable bonds is 2. The van der Waals surface area contributed by atoms with Crippen LogP contribution >= 0.6 is 0 Å². The lowest BCUT2D eigenvalue weighted by atomic mass is 9.81. The number of fused-ring (bicyclic) bond motifs is 7. The maximum atomic E-state index is 2.45. The van der Waals surface area contributed by atoms with Crippen molar-refractivity contribution in [3.63, 3.8) is 0 Å². The quantitative estimate of drug-likeness (QED) is 0.189. The normalized spacial score (nSPS) is 13.5. The molecule has 0 atom stereocenters. The second kappa shape index (κ2) is 8.90. The summed E-state index contributed by atoms with van der Waals surface area (Å²) in [7, 11) is 0. The van der Waals surface area contributed by atoms with Crippen LogP contribution < -0.4 is 0 Å². The van der Waals surface area contributed by atoms with Gasteiger partial charge < -0.3 is 0 Å². The van der Waals surface area contributed by atoms with Crippen LogP contribution in [0.25, 0.3) is 76.5 Å². The summed E-state index contributed by atoms with van der Waals surface area (Å²) in [5.74, 6) is 0. The summed E-state index contributed by atoms with van der Waals surface area (Å²) in [6, 6.07) is 54.3. The fraction of sp³-hybridized carbons (Fsp3) is 0.0698. The van der Waals surface area contributed by atoms with E-state index in [-0.39, 0.29) is 5.41 Å². The van der Waals surface area contributed by atoms with Gasteiger partial charge in [-0.15, -0.1) is 0 Å². The molecule has 202 valence electrons. The highest BCUT2D eigenvalue weighted by Crippen LogP contribution is 2.51. The SMILES string of the molecule is CC1(C)c2cc(-c3ccc4ccccc4c3)ccc2-c2cc3cc4ccc(-c5ccc6ccccc6c5)cc4cc3cc21. The highest BCUT2D eigenvalue weighted by atomic mass is 14.4. The Kier molecular flexibility index (Phi) is 5.05. The maximum Gasteiger partial charge on any atom is 0.0159 e. The van der Waals surface area contributed by atoms with Gasteiger partial charge in [0.25, 0.3) is 0 Å². The summed E-state index contributed by atoms with van der Waals surface area (Å²) in [6.07, 6.45) is 0. The Morgan fingerprint density at radius 2 is 0.721 bits per heavy atom.